The number of hydrogen-bond donors (Lipinski definition) is 1. The van der Waals surface area contributed by atoms with E-state index in [0.29, 0.717) is 11.3 Å². The summed E-state index contributed by atoms with van der Waals surface area (Å²) in [4.78, 5) is 11.9. The molecule has 2 aromatic rings. The van der Waals surface area contributed by atoms with Crippen LogP contribution in [0.5, 0.6) is 0 Å². The first-order valence-electron chi connectivity index (χ1n) is 5.39. The van der Waals surface area contributed by atoms with E-state index in [1.165, 1.54) is 10.7 Å². The third kappa shape index (κ3) is 2.26. The van der Waals surface area contributed by atoms with Gasteiger partial charge in [0.2, 0.25) is 0 Å². The van der Waals surface area contributed by atoms with Gasteiger partial charge in [-0.15, -0.1) is 0 Å². The molecule has 0 saturated heterocycles. The molecule has 0 aliphatic carbocycles. The van der Waals surface area contributed by atoms with E-state index in [9.17, 15) is 4.79 Å². The summed E-state index contributed by atoms with van der Waals surface area (Å²) in [5, 5.41) is 13.3. The largest absolute Gasteiger partial charge is 0.392 e. The van der Waals surface area contributed by atoms with Crippen LogP contribution in [0.25, 0.3) is 5.69 Å². The summed E-state index contributed by atoms with van der Waals surface area (Å²) in [5.74, 6) is 0. The van der Waals surface area contributed by atoms with Gasteiger partial charge in [-0.1, -0.05) is 12.1 Å². The highest BCUT2D eigenvalue weighted by Crippen LogP contribution is 2.08. The van der Waals surface area contributed by atoms with Crippen LogP contribution in [0, 0.1) is 13.8 Å². The van der Waals surface area contributed by atoms with Crippen LogP contribution in [0.15, 0.2) is 35.1 Å². The topological polar surface area (TPSA) is 55.1 Å². The molecule has 4 nitrogen and oxygen atoms in total. The van der Waals surface area contributed by atoms with Gasteiger partial charge >= 0.3 is 0 Å². The molecule has 88 valence electrons. The molecule has 0 radical (unpaired) electrons. The predicted octanol–water partition coefficient (Wildman–Crippen LogP) is 1.34. The van der Waals surface area contributed by atoms with Crippen LogP contribution < -0.4 is 5.56 Å². The van der Waals surface area contributed by atoms with Gasteiger partial charge in [0.05, 0.1) is 18.0 Å². The molecule has 0 spiro atoms. The lowest BCUT2D eigenvalue weighted by molar-refractivity contribution is 0.279. The highest BCUT2D eigenvalue weighted by Gasteiger charge is 2.06. The lowest BCUT2D eigenvalue weighted by Crippen LogP contribution is -2.22. The summed E-state index contributed by atoms with van der Waals surface area (Å²) in [6.07, 6.45) is 0. The molecule has 0 amide bonds. The maximum atomic E-state index is 11.9. The van der Waals surface area contributed by atoms with Crippen LogP contribution in [0.4, 0.5) is 0 Å². The zero-order chi connectivity index (χ0) is 12.4. The number of aromatic nitrogens is 2. The molecule has 1 aromatic carbocycles. The first-order valence-corrected chi connectivity index (χ1v) is 5.39. The molecule has 0 bridgehead atoms. The second-order valence-corrected chi connectivity index (χ2v) is 4.00. The summed E-state index contributed by atoms with van der Waals surface area (Å²) >= 11 is 0. The average Bonchev–Trinajstić information content (AvgIpc) is 2.31. The highest BCUT2D eigenvalue weighted by molar-refractivity contribution is 5.35. The monoisotopic (exact) mass is 230 g/mol. The Morgan fingerprint density at radius 3 is 2.71 bits per heavy atom. The molecule has 4 heteroatoms. The summed E-state index contributed by atoms with van der Waals surface area (Å²) < 4.78 is 1.35. The molecule has 0 aliphatic rings. The van der Waals surface area contributed by atoms with Crippen molar-refractivity contribution in [1.82, 2.24) is 9.78 Å². The molecule has 0 aliphatic heterocycles. The van der Waals surface area contributed by atoms with Crippen LogP contribution in [0.3, 0.4) is 0 Å². The standard InChI is InChI=1S/C13H14N2O2/c1-9-4-3-5-12(6-9)15-13(17)7-11(8-16)10(2)14-15/h3-7,16H,8H2,1-2H3. The Bertz CT molecular complexity index is 603. The predicted molar refractivity (Wildman–Crippen MR) is 65.2 cm³/mol. The lowest BCUT2D eigenvalue weighted by atomic mass is 10.2. The van der Waals surface area contributed by atoms with E-state index in [0.717, 1.165) is 11.3 Å². The molecule has 0 atom stereocenters. The number of aliphatic hydroxyl groups is 1. The fraction of sp³-hybridized carbons (Fsp3) is 0.231. The Morgan fingerprint density at radius 2 is 2.06 bits per heavy atom. The Morgan fingerprint density at radius 1 is 1.29 bits per heavy atom. The van der Waals surface area contributed by atoms with Crippen molar-refractivity contribution in [2.75, 3.05) is 0 Å². The first-order chi connectivity index (χ1) is 8.11. The number of benzene rings is 1. The maximum absolute atomic E-state index is 11.9. The Balaban J connectivity index is 2.61. The zero-order valence-corrected chi connectivity index (χ0v) is 9.84. The fourth-order valence-corrected chi connectivity index (χ4v) is 1.68. The van der Waals surface area contributed by atoms with Crippen molar-refractivity contribution < 1.29 is 5.11 Å². The van der Waals surface area contributed by atoms with E-state index in [2.05, 4.69) is 5.10 Å². The summed E-state index contributed by atoms with van der Waals surface area (Å²) in [6.45, 7) is 3.57. The minimum Gasteiger partial charge on any atom is -0.392 e. The van der Waals surface area contributed by atoms with Gasteiger partial charge in [-0.05, 0) is 31.5 Å². The van der Waals surface area contributed by atoms with E-state index in [4.69, 9.17) is 5.11 Å². The van der Waals surface area contributed by atoms with Gasteiger partial charge in [0.1, 0.15) is 0 Å². The second kappa shape index (κ2) is 4.51. The van der Waals surface area contributed by atoms with Gasteiger partial charge in [0.15, 0.2) is 0 Å². The molecular weight excluding hydrogens is 216 g/mol. The van der Waals surface area contributed by atoms with E-state index in [1.807, 2.05) is 31.2 Å². The summed E-state index contributed by atoms with van der Waals surface area (Å²) in [7, 11) is 0. The third-order valence-corrected chi connectivity index (χ3v) is 2.64. The van der Waals surface area contributed by atoms with Gasteiger partial charge < -0.3 is 5.11 Å². The van der Waals surface area contributed by atoms with Crippen molar-refractivity contribution in [3.05, 3.63) is 57.5 Å². The van der Waals surface area contributed by atoms with E-state index >= 15 is 0 Å². The van der Waals surface area contributed by atoms with Crippen LogP contribution in [-0.2, 0) is 6.61 Å². The zero-order valence-electron chi connectivity index (χ0n) is 9.84. The molecule has 0 unspecified atom stereocenters. The van der Waals surface area contributed by atoms with Crippen molar-refractivity contribution in [1.29, 1.82) is 0 Å². The quantitative estimate of drug-likeness (QED) is 0.847. The number of hydrogen-bond acceptors (Lipinski definition) is 3. The third-order valence-electron chi connectivity index (χ3n) is 2.64. The minimum atomic E-state index is -0.231. The Kier molecular flexibility index (Phi) is 3.06. The van der Waals surface area contributed by atoms with Crippen molar-refractivity contribution in [3.8, 4) is 5.69 Å². The minimum absolute atomic E-state index is 0.164. The number of rotatable bonds is 2. The van der Waals surface area contributed by atoms with Crippen molar-refractivity contribution in [2.45, 2.75) is 20.5 Å². The van der Waals surface area contributed by atoms with Crippen molar-refractivity contribution in [2.24, 2.45) is 0 Å². The molecule has 0 saturated carbocycles. The molecule has 1 N–H and O–H groups in total. The number of aryl methyl sites for hydroxylation is 2. The fourth-order valence-electron chi connectivity index (χ4n) is 1.68. The lowest BCUT2D eigenvalue weighted by Gasteiger charge is -2.08. The van der Waals surface area contributed by atoms with Crippen molar-refractivity contribution in [3.63, 3.8) is 0 Å². The number of nitrogens with zero attached hydrogens (tertiary/aromatic N) is 2. The van der Waals surface area contributed by atoms with E-state index in [-0.39, 0.29) is 12.2 Å². The second-order valence-electron chi connectivity index (χ2n) is 4.00. The van der Waals surface area contributed by atoms with Crippen LogP contribution in [-0.4, -0.2) is 14.9 Å². The van der Waals surface area contributed by atoms with Gasteiger partial charge in [-0.2, -0.15) is 9.78 Å². The molecular formula is C13H14N2O2. The molecule has 17 heavy (non-hydrogen) atoms. The number of aliphatic hydroxyl groups excluding tert-OH is 1. The highest BCUT2D eigenvalue weighted by atomic mass is 16.3. The Labute approximate surface area is 99.2 Å². The summed E-state index contributed by atoms with van der Waals surface area (Å²) in [5.41, 5.74) is 2.81. The molecule has 2 rings (SSSR count). The smallest absolute Gasteiger partial charge is 0.271 e. The van der Waals surface area contributed by atoms with Gasteiger partial charge in [-0.3, -0.25) is 4.79 Å². The SMILES string of the molecule is Cc1cccc(-n2nc(C)c(CO)cc2=O)c1. The van der Waals surface area contributed by atoms with E-state index < -0.39 is 0 Å². The van der Waals surface area contributed by atoms with Gasteiger partial charge in [0, 0.05) is 11.6 Å². The van der Waals surface area contributed by atoms with Gasteiger partial charge in [0.25, 0.3) is 5.56 Å². The summed E-state index contributed by atoms with van der Waals surface area (Å²) in [6, 6.07) is 8.99. The van der Waals surface area contributed by atoms with Crippen LogP contribution >= 0.6 is 0 Å². The van der Waals surface area contributed by atoms with Crippen LogP contribution in [0.2, 0.25) is 0 Å². The molecule has 1 heterocycles. The van der Waals surface area contributed by atoms with Crippen LogP contribution in [0.1, 0.15) is 16.8 Å². The molecule has 1 aromatic heterocycles. The average molecular weight is 230 g/mol. The maximum Gasteiger partial charge on any atom is 0.271 e. The normalized spacial score (nSPS) is 10.5. The first kappa shape index (κ1) is 11.5. The van der Waals surface area contributed by atoms with Gasteiger partial charge in [-0.25, -0.2) is 0 Å². The van der Waals surface area contributed by atoms with Crippen molar-refractivity contribution >= 4 is 0 Å². The molecule has 0 fully saturated rings. The van der Waals surface area contributed by atoms with E-state index in [1.54, 1.807) is 6.92 Å². The Hall–Kier alpha value is -1.94.